The number of carboxylic acid groups (broad SMARTS) is 1. The van der Waals surface area contributed by atoms with Crippen LogP contribution in [0.3, 0.4) is 0 Å². The fourth-order valence-electron chi connectivity index (χ4n) is 4.03. The molecule has 0 spiro atoms. The Morgan fingerprint density at radius 2 is 1.76 bits per heavy atom. The molecule has 6 nitrogen and oxygen atoms in total. The molecule has 0 saturated carbocycles. The minimum Gasteiger partial charge on any atom is -0.477 e. The smallest absolute Gasteiger partial charge is 0.343 e. The molecule has 1 N–H and O–H groups in total. The van der Waals surface area contributed by atoms with Gasteiger partial charge in [0.25, 0.3) is 0 Å². The molecule has 4 rings (SSSR count). The van der Waals surface area contributed by atoms with Gasteiger partial charge in [0.2, 0.25) is 0 Å². The van der Waals surface area contributed by atoms with Gasteiger partial charge in [0.15, 0.2) is 17.1 Å². The summed E-state index contributed by atoms with van der Waals surface area (Å²) in [6, 6.07) is 9.93. The van der Waals surface area contributed by atoms with E-state index >= 15 is 0 Å². The normalized spacial score (nSPS) is 19.4. The SMILES string of the molecule is O=C(O)c1c(N2CCC(N3CCCC3)CC2)noc1-c1ccccc1. The third-order valence-corrected chi connectivity index (χ3v) is 5.34. The highest BCUT2D eigenvalue weighted by molar-refractivity contribution is 5.99. The lowest BCUT2D eigenvalue weighted by atomic mass is 10.0. The Kier molecular flexibility index (Phi) is 4.44. The van der Waals surface area contributed by atoms with Gasteiger partial charge in [-0.3, -0.25) is 0 Å². The quantitative estimate of drug-likeness (QED) is 0.921. The molecule has 25 heavy (non-hydrogen) atoms. The number of rotatable bonds is 4. The average Bonchev–Trinajstić information content (AvgIpc) is 3.32. The van der Waals surface area contributed by atoms with E-state index in [1.54, 1.807) is 0 Å². The fraction of sp³-hybridized carbons (Fsp3) is 0.474. The fourth-order valence-corrected chi connectivity index (χ4v) is 4.03. The Balaban J connectivity index is 1.55. The second-order valence-electron chi connectivity index (χ2n) is 6.84. The molecule has 2 aliphatic rings. The van der Waals surface area contributed by atoms with Crippen molar-refractivity contribution in [2.75, 3.05) is 31.1 Å². The maximum absolute atomic E-state index is 11.9. The predicted octanol–water partition coefficient (Wildman–Crippen LogP) is 3.10. The van der Waals surface area contributed by atoms with Gasteiger partial charge in [-0.25, -0.2) is 4.79 Å². The number of hydrogen-bond donors (Lipinski definition) is 1. The summed E-state index contributed by atoms with van der Waals surface area (Å²) in [5.74, 6) is -0.187. The number of likely N-dealkylation sites (tertiary alicyclic amines) is 1. The highest BCUT2D eigenvalue weighted by Crippen LogP contribution is 2.33. The van der Waals surface area contributed by atoms with Crippen molar-refractivity contribution in [1.29, 1.82) is 0 Å². The van der Waals surface area contributed by atoms with E-state index in [2.05, 4.69) is 15.0 Å². The molecule has 1 aromatic heterocycles. The van der Waals surface area contributed by atoms with E-state index < -0.39 is 5.97 Å². The summed E-state index contributed by atoms with van der Waals surface area (Å²) in [5, 5.41) is 13.8. The first-order valence-corrected chi connectivity index (χ1v) is 9.01. The van der Waals surface area contributed by atoms with Gasteiger partial charge >= 0.3 is 5.97 Å². The number of benzene rings is 1. The number of carbonyl (C=O) groups is 1. The molecular formula is C19H23N3O3. The maximum atomic E-state index is 11.9. The van der Waals surface area contributed by atoms with E-state index in [9.17, 15) is 9.90 Å². The first-order chi connectivity index (χ1) is 12.2. The van der Waals surface area contributed by atoms with Crippen LogP contribution in [0.5, 0.6) is 0 Å². The van der Waals surface area contributed by atoms with Crippen LogP contribution >= 0.6 is 0 Å². The molecule has 6 heteroatoms. The van der Waals surface area contributed by atoms with Crippen LogP contribution in [0.2, 0.25) is 0 Å². The van der Waals surface area contributed by atoms with Crippen molar-refractivity contribution >= 4 is 11.8 Å². The number of nitrogens with zero attached hydrogens (tertiary/aromatic N) is 3. The van der Waals surface area contributed by atoms with Crippen LogP contribution in [-0.4, -0.2) is 53.4 Å². The second kappa shape index (κ2) is 6.88. The summed E-state index contributed by atoms with van der Waals surface area (Å²) in [5.41, 5.74) is 0.913. The third-order valence-electron chi connectivity index (χ3n) is 5.34. The molecule has 2 saturated heterocycles. The highest BCUT2D eigenvalue weighted by Gasteiger charge is 2.32. The minimum absolute atomic E-state index is 0.172. The zero-order chi connectivity index (χ0) is 17.2. The van der Waals surface area contributed by atoms with Crippen molar-refractivity contribution < 1.29 is 14.4 Å². The van der Waals surface area contributed by atoms with Crippen LogP contribution in [0.15, 0.2) is 34.9 Å². The number of carboxylic acids is 1. The van der Waals surface area contributed by atoms with Crippen molar-refractivity contribution in [3.8, 4) is 11.3 Å². The minimum atomic E-state index is -0.989. The van der Waals surface area contributed by atoms with Crippen LogP contribution in [0.1, 0.15) is 36.0 Å². The zero-order valence-corrected chi connectivity index (χ0v) is 14.2. The van der Waals surface area contributed by atoms with E-state index in [1.807, 2.05) is 30.3 Å². The Labute approximate surface area is 147 Å². The third kappa shape index (κ3) is 3.14. The van der Waals surface area contributed by atoms with Gasteiger partial charge in [-0.15, -0.1) is 0 Å². The second-order valence-corrected chi connectivity index (χ2v) is 6.84. The van der Waals surface area contributed by atoms with Gasteiger partial charge in [-0.05, 0) is 38.8 Å². The molecule has 1 aromatic carbocycles. The van der Waals surface area contributed by atoms with Crippen LogP contribution in [0, 0.1) is 0 Å². The molecule has 2 aliphatic heterocycles. The van der Waals surface area contributed by atoms with E-state index in [-0.39, 0.29) is 5.56 Å². The lowest BCUT2D eigenvalue weighted by Crippen LogP contribution is -2.44. The van der Waals surface area contributed by atoms with Gasteiger partial charge in [0.1, 0.15) is 0 Å². The van der Waals surface area contributed by atoms with E-state index in [0.29, 0.717) is 17.6 Å². The molecule has 0 aliphatic carbocycles. The number of aromatic nitrogens is 1. The molecule has 0 unspecified atom stereocenters. The number of piperidine rings is 1. The zero-order valence-electron chi connectivity index (χ0n) is 14.2. The van der Waals surface area contributed by atoms with E-state index in [0.717, 1.165) is 31.5 Å². The summed E-state index contributed by atoms with van der Waals surface area (Å²) in [7, 11) is 0. The first kappa shape index (κ1) is 16.1. The van der Waals surface area contributed by atoms with Crippen molar-refractivity contribution in [2.24, 2.45) is 0 Å². The van der Waals surface area contributed by atoms with Crippen molar-refractivity contribution in [1.82, 2.24) is 10.1 Å². The number of aromatic carboxylic acids is 1. The number of hydrogen-bond acceptors (Lipinski definition) is 5. The lowest BCUT2D eigenvalue weighted by Gasteiger charge is -2.36. The Morgan fingerprint density at radius 1 is 1.08 bits per heavy atom. The van der Waals surface area contributed by atoms with Crippen LogP contribution < -0.4 is 4.90 Å². The molecule has 2 aromatic rings. The van der Waals surface area contributed by atoms with Gasteiger partial charge in [0.05, 0.1) is 0 Å². The predicted molar refractivity (Wildman–Crippen MR) is 94.9 cm³/mol. The summed E-state index contributed by atoms with van der Waals surface area (Å²) >= 11 is 0. The Bertz CT molecular complexity index is 730. The van der Waals surface area contributed by atoms with Crippen molar-refractivity contribution in [2.45, 2.75) is 31.7 Å². The molecule has 0 bridgehead atoms. The monoisotopic (exact) mass is 341 g/mol. The van der Waals surface area contributed by atoms with Gasteiger partial charge < -0.3 is 19.4 Å². The number of anilines is 1. The van der Waals surface area contributed by atoms with Crippen LogP contribution in [0.4, 0.5) is 5.82 Å². The maximum Gasteiger partial charge on any atom is 0.343 e. The lowest BCUT2D eigenvalue weighted by molar-refractivity contribution is 0.0697. The van der Waals surface area contributed by atoms with Crippen LogP contribution in [-0.2, 0) is 0 Å². The largest absolute Gasteiger partial charge is 0.477 e. The molecule has 132 valence electrons. The molecule has 0 atom stereocenters. The van der Waals surface area contributed by atoms with Crippen LogP contribution in [0.25, 0.3) is 11.3 Å². The molecule has 0 amide bonds. The molecule has 3 heterocycles. The average molecular weight is 341 g/mol. The summed E-state index contributed by atoms with van der Waals surface area (Å²) in [4.78, 5) is 16.5. The van der Waals surface area contributed by atoms with E-state index in [1.165, 1.54) is 25.9 Å². The van der Waals surface area contributed by atoms with Gasteiger partial charge in [0, 0.05) is 24.7 Å². The van der Waals surface area contributed by atoms with Gasteiger partial charge in [-0.2, -0.15) is 0 Å². The standard InChI is InChI=1S/C19H23N3O3/c23-19(24)16-17(14-6-2-1-3-7-14)25-20-18(16)22-12-8-15(9-13-22)21-10-4-5-11-21/h1-3,6-7,15H,4-5,8-13H2,(H,23,24). The summed E-state index contributed by atoms with van der Waals surface area (Å²) in [6.45, 7) is 4.05. The molecule has 0 radical (unpaired) electrons. The summed E-state index contributed by atoms with van der Waals surface area (Å²) < 4.78 is 5.44. The molecular weight excluding hydrogens is 318 g/mol. The Morgan fingerprint density at radius 3 is 2.40 bits per heavy atom. The first-order valence-electron chi connectivity index (χ1n) is 9.01. The van der Waals surface area contributed by atoms with Crippen molar-refractivity contribution in [3.05, 3.63) is 35.9 Å². The van der Waals surface area contributed by atoms with E-state index in [4.69, 9.17) is 4.52 Å². The van der Waals surface area contributed by atoms with Crippen molar-refractivity contribution in [3.63, 3.8) is 0 Å². The molecule has 2 fully saturated rings. The topological polar surface area (TPSA) is 69.8 Å². The Hall–Kier alpha value is -2.34. The highest BCUT2D eigenvalue weighted by atomic mass is 16.5. The summed E-state index contributed by atoms with van der Waals surface area (Å²) in [6.07, 6.45) is 4.69. The van der Waals surface area contributed by atoms with Gasteiger partial charge in [-0.1, -0.05) is 35.5 Å².